The van der Waals surface area contributed by atoms with E-state index in [0.717, 1.165) is 18.3 Å². The Balaban J connectivity index is 0.00000240. The number of allylic oxidation sites excluding steroid dienone is 4. The summed E-state index contributed by atoms with van der Waals surface area (Å²) >= 11 is -2.40. The fourth-order valence-electron chi connectivity index (χ4n) is 9.50. The molecule has 0 bridgehead atoms. The predicted molar refractivity (Wildman–Crippen MR) is 190 cm³/mol. The Morgan fingerprint density at radius 1 is 0.717 bits per heavy atom. The average molecular weight is 739 g/mol. The van der Waals surface area contributed by atoms with Gasteiger partial charge in [-0.25, -0.2) is 0 Å². The smallest absolute Gasteiger partial charge is 1.00 e. The molecule has 0 saturated heterocycles. The number of halogens is 2. The Bertz CT molecular complexity index is 1470. The normalized spacial score (nSPS) is 18.2. The van der Waals surface area contributed by atoms with Crippen molar-refractivity contribution in [2.45, 2.75) is 156 Å². The van der Waals surface area contributed by atoms with E-state index in [2.05, 4.69) is 95.0 Å². The van der Waals surface area contributed by atoms with Gasteiger partial charge in [0.25, 0.3) is 0 Å². The van der Waals surface area contributed by atoms with Crippen LogP contribution in [0.15, 0.2) is 39.7 Å². The summed E-state index contributed by atoms with van der Waals surface area (Å²) in [6.45, 7) is 19.5. The van der Waals surface area contributed by atoms with Gasteiger partial charge in [-0.3, -0.25) is 0 Å². The van der Waals surface area contributed by atoms with E-state index in [1.165, 1.54) is 94.6 Å². The first-order valence-corrected chi connectivity index (χ1v) is 22.0. The molecule has 250 valence electrons. The van der Waals surface area contributed by atoms with Crippen molar-refractivity contribution in [2.24, 2.45) is 11.8 Å². The van der Waals surface area contributed by atoms with Crippen molar-refractivity contribution in [3.05, 3.63) is 73.1 Å². The first-order chi connectivity index (χ1) is 20.9. The number of aryl methyl sites for hydroxylation is 1. The number of rotatable bonds is 6. The Morgan fingerprint density at radius 3 is 1.76 bits per heavy atom. The van der Waals surface area contributed by atoms with Crippen molar-refractivity contribution >= 4 is 6.48 Å². The Hall–Kier alpha value is -0.747. The minimum absolute atomic E-state index is 0. The zero-order chi connectivity index (χ0) is 31.2. The summed E-state index contributed by atoms with van der Waals surface area (Å²) in [5, 5.41) is 0. The molecule has 3 heteroatoms. The summed E-state index contributed by atoms with van der Waals surface area (Å²) in [6.07, 6.45) is 27.4. The van der Waals surface area contributed by atoms with E-state index in [9.17, 15) is 0 Å². The van der Waals surface area contributed by atoms with Crippen LogP contribution in [-0.4, -0.2) is 3.21 Å². The summed E-state index contributed by atoms with van der Waals surface area (Å²) in [4.78, 5) is 0. The second-order valence-electron chi connectivity index (χ2n) is 17.2. The molecule has 0 aromatic heterocycles. The molecule has 4 aliphatic rings. The van der Waals surface area contributed by atoms with E-state index in [-0.39, 0.29) is 35.6 Å². The van der Waals surface area contributed by atoms with E-state index >= 15 is 0 Å². The minimum Gasteiger partial charge on any atom is -1.00 e. The molecule has 0 unspecified atom stereocenters. The molecule has 2 aromatic rings. The number of hydrogen-bond acceptors (Lipinski definition) is 0. The Morgan fingerprint density at radius 2 is 1.26 bits per heavy atom. The van der Waals surface area contributed by atoms with E-state index in [1.54, 1.807) is 33.4 Å². The van der Waals surface area contributed by atoms with Gasteiger partial charge in [0.2, 0.25) is 0 Å². The summed E-state index contributed by atoms with van der Waals surface area (Å²) < 4.78 is 5.87. The van der Waals surface area contributed by atoms with Crippen molar-refractivity contribution < 1.29 is 46.1 Å². The van der Waals surface area contributed by atoms with Gasteiger partial charge in [0.15, 0.2) is 0 Å². The fraction of sp³-hybridized carbons (Fsp3) is 0.605. The summed E-state index contributed by atoms with van der Waals surface area (Å²) in [5.74, 6) is 1.86. The van der Waals surface area contributed by atoms with Gasteiger partial charge in [-0.1, -0.05) is 0 Å². The van der Waals surface area contributed by atoms with E-state index < -0.39 is 21.3 Å². The van der Waals surface area contributed by atoms with Crippen LogP contribution in [0.5, 0.6) is 0 Å². The second-order valence-corrected chi connectivity index (χ2v) is 23.6. The molecular formula is C43H60Cl2Zr. The third-order valence-corrected chi connectivity index (χ3v) is 19.8. The third kappa shape index (κ3) is 8.00. The first kappa shape index (κ1) is 38.1. The molecular weight excluding hydrogens is 679 g/mol. The van der Waals surface area contributed by atoms with Crippen molar-refractivity contribution in [3.63, 3.8) is 0 Å². The van der Waals surface area contributed by atoms with Crippen LogP contribution >= 0.6 is 0 Å². The van der Waals surface area contributed by atoms with Crippen molar-refractivity contribution in [1.82, 2.24) is 0 Å². The molecule has 6 rings (SSSR count). The summed E-state index contributed by atoms with van der Waals surface area (Å²) in [5.41, 5.74) is 13.0. The maximum atomic E-state index is 2.66. The van der Waals surface area contributed by atoms with E-state index in [0.29, 0.717) is 0 Å². The van der Waals surface area contributed by atoms with Crippen molar-refractivity contribution in [3.8, 4) is 11.1 Å². The molecule has 4 aliphatic carbocycles. The summed E-state index contributed by atoms with van der Waals surface area (Å²) in [7, 11) is 0. The first-order valence-electron chi connectivity index (χ1n) is 18.3. The van der Waals surface area contributed by atoms with Gasteiger partial charge in [-0.2, -0.15) is 0 Å². The molecule has 2 saturated carbocycles. The maximum Gasteiger partial charge on any atom is -1.00 e. The van der Waals surface area contributed by atoms with Gasteiger partial charge >= 0.3 is 280 Å². The zero-order valence-electron chi connectivity index (χ0n) is 30.3. The molecule has 0 heterocycles. The van der Waals surface area contributed by atoms with Crippen LogP contribution in [-0.2, 0) is 38.5 Å². The summed E-state index contributed by atoms with van der Waals surface area (Å²) in [6, 6.07) is 7.84. The SMILES string of the molecule is Cc1cc2c(cc1C(C)(C)C)-c1cc(C(C)(C)C)c(C)[c]([Zr+2]([C]3=CC=CC3)=[C](CC3CCCCC3)CC3CCCCC3)c1C2.[Cl-].[Cl-]. The molecule has 0 nitrogen and oxygen atoms in total. The minimum atomic E-state index is -2.40. The van der Waals surface area contributed by atoms with Gasteiger partial charge in [0, 0.05) is 0 Å². The third-order valence-electron chi connectivity index (χ3n) is 11.6. The van der Waals surface area contributed by atoms with E-state index in [1.807, 2.05) is 6.55 Å². The largest absolute Gasteiger partial charge is 1.00 e. The van der Waals surface area contributed by atoms with Crippen molar-refractivity contribution in [1.29, 1.82) is 0 Å². The van der Waals surface area contributed by atoms with Crippen LogP contribution in [0.1, 0.15) is 158 Å². The van der Waals surface area contributed by atoms with Gasteiger partial charge in [0.05, 0.1) is 0 Å². The number of hydrogen-bond donors (Lipinski definition) is 0. The van der Waals surface area contributed by atoms with E-state index in [4.69, 9.17) is 0 Å². The monoisotopic (exact) mass is 736 g/mol. The molecule has 0 aliphatic heterocycles. The molecule has 0 spiro atoms. The maximum absolute atomic E-state index is 2.66. The van der Waals surface area contributed by atoms with Crippen LogP contribution in [0.2, 0.25) is 0 Å². The molecule has 0 atom stereocenters. The molecule has 0 radical (unpaired) electrons. The van der Waals surface area contributed by atoms with Crippen molar-refractivity contribution in [2.75, 3.05) is 0 Å². The number of benzene rings is 2. The van der Waals surface area contributed by atoms with Gasteiger partial charge < -0.3 is 24.8 Å². The van der Waals surface area contributed by atoms with Crippen LogP contribution < -0.4 is 28.1 Å². The Labute approximate surface area is 302 Å². The topological polar surface area (TPSA) is 0 Å². The van der Waals surface area contributed by atoms with Crippen LogP contribution in [0.25, 0.3) is 11.1 Å². The zero-order valence-corrected chi connectivity index (χ0v) is 34.2. The molecule has 0 amide bonds. The van der Waals surface area contributed by atoms with Crippen LogP contribution in [0.4, 0.5) is 0 Å². The van der Waals surface area contributed by atoms with Gasteiger partial charge in [0.1, 0.15) is 0 Å². The molecule has 46 heavy (non-hydrogen) atoms. The average Bonchev–Trinajstić information content (AvgIpc) is 3.61. The van der Waals surface area contributed by atoms with Gasteiger partial charge in [-0.05, 0) is 0 Å². The number of fused-ring (bicyclic) bond motifs is 3. The predicted octanol–water partition coefficient (Wildman–Crippen LogP) is 5.68. The fourth-order valence-corrected chi connectivity index (χ4v) is 18.7. The molecule has 2 fully saturated rings. The second kappa shape index (κ2) is 15.4. The van der Waals surface area contributed by atoms with Crippen LogP contribution in [0, 0.1) is 25.7 Å². The van der Waals surface area contributed by atoms with Gasteiger partial charge in [-0.15, -0.1) is 0 Å². The molecule has 2 aromatic carbocycles. The standard InChI is InChI=1S/C23H29.C15H26.C5H5.2ClH.Zr/c1-14-9-16-11-17-10-15(2)21(23(6,7)8)13-19(17)18(16)12-20(14)22(3,4)5;1-3-8-14(9-4-1)12-7-13-15-10-5-2-6-11-15;1-2-4-5-3-1;;;/h9,12-13H,11H2,1-8H3;14-15H,1-6,8-13H2;1-3H,4H2;2*1H;/q;;;;;+2/p-2. The quantitative estimate of drug-likeness (QED) is 0.306. The Kier molecular flexibility index (Phi) is 12.8. The molecule has 0 N–H and O–H groups in total. The van der Waals surface area contributed by atoms with Crippen LogP contribution in [0.3, 0.4) is 0 Å².